The molecule has 2 nitrogen and oxygen atoms in total. The predicted octanol–water partition coefficient (Wildman–Crippen LogP) is 4.63. The number of para-hydroxylation sites is 1. The Hall–Kier alpha value is -1.51. The fraction of sp³-hybridized carbons (Fsp3) is 0.333. The van der Waals surface area contributed by atoms with Crippen LogP contribution in [0.25, 0.3) is 0 Å². The van der Waals surface area contributed by atoms with Gasteiger partial charge in [-0.3, -0.25) is 0 Å². The van der Waals surface area contributed by atoms with Crippen molar-refractivity contribution in [2.24, 2.45) is 0 Å². The van der Waals surface area contributed by atoms with Gasteiger partial charge >= 0.3 is 0 Å². The highest BCUT2D eigenvalue weighted by Crippen LogP contribution is 2.27. The first-order valence-electron chi connectivity index (χ1n) is 7.33. The molecule has 0 saturated heterocycles. The van der Waals surface area contributed by atoms with Crippen LogP contribution in [-0.4, -0.2) is 13.2 Å². The molecule has 0 radical (unpaired) electrons. The van der Waals surface area contributed by atoms with Gasteiger partial charge in [-0.1, -0.05) is 54.9 Å². The maximum atomic E-state index is 6.16. The number of aryl methyl sites for hydroxylation is 1. The van der Waals surface area contributed by atoms with E-state index in [4.69, 9.17) is 16.3 Å². The van der Waals surface area contributed by atoms with E-state index >= 15 is 0 Å². The molecule has 0 bridgehead atoms. The van der Waals surface area contributed by atoms with Crippen LogP contribution in [0.4, 0.5) is 0 Å². The van der Waals surface area contributed by atoms with Gasteiger partial charge in [0.25, 0.3) is 0 Å². The lowest BCUT2D eigenvalue weighted by Gasteiger charge is -2.25. The largest absolute Gasteiger partial charge is 0.487 e. The molecule has 0 amide bonds. The van der Waals surface area contributed by atoms with Gasteiger partial charge < -0.3 is 10.1 Å². The van der Waals surface area contributed by atoms with E-state index in [-0.39, 0.29) is 12.1 Å². The summed E-state index contributed by atoms with van der Waals surface area (Å²) in [5.74, 6) is 0.720. The summed E-state index contributed by atoms with van der Waals surface area (Å²) in [4.78, 5) is 0. The standard InChI is InChI=1S/C18H22ClNO/c1-4-14-9-11-15(12-10-14)18(20-3)13(2)21-17-8-6-5-7-16(17)19/h5-13,18,20H,4H2,1-3H3. The normalized spacial score (nSPS) is 13.7. The third kappa shape index (κ3) is 3.99. The van der Waals surface area contributed by atoms with Crippen LogP contribution in [0.5, 0.6) is 5.75 Å². The molecule has 21 heavy (non-hydrogen) atoms. The van der Waals surface area contributed by atoms with Crippen molar-refractivity contribution in [2.75, 3.05) is 7.05 Å². The third-order valence-electron chi connectivity index (χ3n) is 3.68. The summed E-state index contributed by atoms with van der Waals surface area (Å²) in [7, 11) is 1.95. The highest BCUT2D eigenvalue weighted by molar-refractivity contribution is 6.32. The fourth-order valence-electron chi connectivity index (χ4n) is 2.44. The Labute approximate surface area is 132 Å². The van der Waals surface area contributed by atoms with Gasteiger partial charge in [0.1, 0.15) is 11.9 Å². The average Bonchev–Trinajstić information content (AvgIpc) is 2.51. The Balaban J connectivity index is 2.14. The summed E-state index contributed by atoms with van der Waals surface area (Å²) >= 11 is 6.16. The summed E-state index contributed by atoms with van der Waals surface area (Å²) < 4.78 is 6.01. The first-order chi connectivity index (χ1) is 10.2. The zero-order valence-corrected chi connectivity index (χ0v) is 13.5. The van der Waals surface area contributed by atoms with Crippen LogP contribution >= 0.6 is 11.6 Å². The molecule has 112 valence electrons. The van der Waals surface area contributed by atoms with Gasteiger partial charge in [0, 0.05) is 0 Å². The molecule has 0 aliphatic rings. The molecule has 2 aromatic rings. The van der Waals surface area contributed by atoms with Gasteiger partial charge in [-0.05, 0) is 43.7 Å². The molecule has 3 heteroatoms. The maximum Gasteiger partial charge on any atom is 0.138 e. The van der Waals surface area contributed by atoms with E-state index in [0.29, 0.717) is 5.02 Å². The van der Waals surface area contributed by atoms with Crippen molar-refractivity contribution in [2.45, 2.75) is 32.4 Å². The summed E-state index contributed by atoms with van der Waals surface area (Å²) in [6.45, 7) is 4.21. The van der Waals surface area contributed by atoms with Crippen LogP contribution in [0.2, 0.25) is 5.02 Å². The number of ether oxygens (including phenoxy) is 1. The molecule has 2 atom stereocenters. The second kappa shape index (κ2) is 7.48. The molecule has 0 aliphatic carbocycles. The number of hydrogen-bond donors (Lipinski definition) is 1. The summed E-state index contributed by atoms with van der Waals surface area (Å²) in [5.41, 5.74) is 2.56. The van der Waals surface area contributed by atoms with E-state index in [1.807, 2.05) is 31.3 Å². The number of nitrogens with one attached hydrogen (secondary N) is 1. The van der Waals surface area contributed by atoms with Crippen LogP contribution < -0.4 is 10.1 Å². The van der Waals surface area contributed by atoms with Crippen molar-refractivity contribution in [1.82, 2.24) is 5.32 Å². The van der Waals surface area contributed by atoms with Crippen LogP contribution in [0.15, 0.2) is 48.5 Å². The molecule has 2 rings (SSSR count). The van der Waals surface area contributed by atoms with Crippen LogP contribution in [0, 0.1) is 0 Å². The summed E-state index contributed by atoms with van der Waals surface area (Å²) in [5, 5.41) is 3.97. The van der Waals surface area contributed by atoms with Crippen molar-refractivity contribution >= 4 is 11.6 Å². The maximum absolute atomic E-state index is 6.16. The van der Waals surface area contributed by atoms with Gasteiger partial charge in [-0.2, -0.15) is 0 Å². The topological polar surface area (TPSA) is 21.3 Å². The van der Waals surface area contributed by atoms with E-state index in [9.17, 15) is 0 Å². The number of likely N-dealkylation sites (N-methyl/N-ethyl adjacent to an activating group) is 1. The molecule has 0 aromatic heterocycles. The first-order valence-corrected chi connectivity index (χ1v) is 7.70. The third-order valence-corrected chi connectivity index (χ3v) is 3.99. The number of hydrogen-bond acceptors (Lipinski definition) is 2. The van der Waals surface area contributed by atoms with Gasteiger partial charge in [0.15, 0.2) is 0 Å². The monoisotopic (exact) mass is 303 g/mol. The van der Waals surface area contributed by atoms with Crippen LogP contribution in [0.3, 0.4) is 0 Å². The Morgan fingerprint density at radius 1 is 1.10 bits per heavy atom. The fourth-order valence-corrected chi connectivity index (χ4v) is 2.62. The lowest BCUT2D eigenvalue weighted by Crippen LogP contribution is -2.31. The van der Waals surface area contributed by atoms with Gasteiger partial charge in [0.2, 0.25) is 0 Å². The minimum Gasteiger partial charge on any atom is -0.487 e. The average molecular weight is 304 g/mol. The van der Waals surface area contributed by atoms with Crippen molar-refractivity contribution in [3.8, 4) is 5.75 Å². The zero-order valence-electron chi connectivity index (χ0n) is 12.8. The second-order valence-electron chi connectivity index (χ2n) is 5.11. The molecular formula is C18H22ClNO. The predicted molar refractivity (Wildman–Crippen MR) is 89.2 cm³/mol. The highest BCUT2D eigenvalue weighted by Gasteiger charge is 2.19. The van der Waals surface area contributed by atoms with E-state index in [0.717, 1.165) is 12.2 Å². The second-order valence-corrected chi connectivity index (χ2v) is 5.52. The molecule has 0 fully saturated rings. The number of benzene rings is 2. The summed E-state index contributed by atoms with van der Waals surface area (Å²) in [6, 6.07) is 16.3. The smallest absolute Gasteiger partial charge is 0.138 e. The number of halogens is 1. The minimum atomic E-state index is -0.0256. The highest BCUT2D eigenvalue weighted by atomic mass is 35.5. The van der Waals surface area contributed by atoms with E-state index in [1.54, 1.807) is 0 Å². The Morgan fingerprint density at radius 3 is 2.33 bits per heavy atom. The molecule has 2 unspecified atom stereocenters. The Kier molecular flexibility index (Phi) is 5.66. The summed E-state index contributed by atoms with van der Waals surface area (Å²) in [6.07, 6.45) is 1.03. The van der Waals surface area contributed by atoms with Gasteiger partial charge in [-0.15, -0.1) is 0 Å². The molecule has 0 spiro atoms. The molecule has 0 saturated carbocycles. The first kappa shape index (κ1) is 15.9. The van der Waals surface area contributed by atoms with Gasteiger partial charge in [-0.25, -0.2) is 0 Å². The van der Waals surface area contributed by atoms with Crippen molar-refractivity contribution < 1.29 is 4.74 Å². The van der Waals surface area contributed by atoms with Crippen molar-refractivity contribution in [3.63, 3.8) is 0 Å². The molecule has 1 N–H and O–H groups in total. The molecular weight excluding hydrogens is 282 g/mol. The number of rotatable bonds is 6. The van der Waals surface area contributed by atoms with Crippen molar-refractivity contribution in [1.29, 1.82) is 0 Å². The van der Waals surface area contributed by atoms with E-state index < -0.39 is 0 Å². The van der Waals surface area contributed by atoms with E-state index in [2.05, 4.69) is 43.4 Å². The SMILES string of the molecule is CCc1ccc(C(NC)C(C)Oc2ccccc2Cl)cc1. The van der Waals surface area contributed by atoms with E-state index in [1.165, 1.54) is 11.1 Å². The lowest BCUT2D eigenvalue weighted by atomic mass is 10.0. The Bertz CT molecular complexity index is 568. The molecule has 0 heterocycles. The quantitative estimate of drug-likeness (QED) is 0.840. The minimum absolute atomic E-state index is 0.0256. The van der Waals surface area contributed by atoms with Crippen LogP contribution in [-0.2, 0) is 6.42 Å². The Morgan fingerprint density at radius 2 is 1.76 bits per heavy atom. The van der Waals surface area contributed by atoms with Crippen molar-refractivity contribution in [3.05, 3.63) is 64.7 Å². The lowest BCUT2D eigenvalue weighted by molar-refractivity contribution is 0.175. The molecule has 2 aromatic carbocycles. The van der Waals surface area contributed by atoms with Crippen LogP contribution in [0.1, 0.15) is 31.0 Å². The molecule has 0 aliphatic heterocycles. The zero-order chi connectivity index (χ0) is 15.2. The van der Waals surface area contributed by atoms with Gasteiger partial charge in [0.05, 0.1) is 11.1 Å².